The minimum Gasteiger partial charge on any atom is -0.365 e. The average molecular weight is 421 g/mol. The molecule has 0 aliphatic rings. The number of rotatable bonds is 7. The number of Topliss-reactive ketones (excluding diaryl/α,β-unsaturated/α-hetero) is 1. The number of alkyl halides is 2. The SMILES string of the molecule is CC(=O)c1c(C(F)F)nn(-c2ccc(S(C)(=O)=O)nn2)c1NCc1ccccc1. The minimum atomic E-state index is -3.58. The molecule has 0 saturated carbocycles. The number of anilines is 1. The van der Waals surface area contributed by atoms with E-state index in [-0.39, 0.29) is 28.8 Å². The highest BCUT2D eigenvalue weighted by Gasteiger charge is 2.28. The Hall–Kier alpha value is -3.21. The van der Waals surface area contributed by atoms with Gasteiger partial charge in [0.2, 0.25) is 0 Å². The zero-order valence-electron chi connectivity index (χ0n) is 15.5. The molecule has 0 radical (unpaired) electrons. The van der Waals surface area contributed by atoms with Gasteiger partial charge < -0.3 is 5.32 Å². The molecule has 2 heterocycles. The summed E-state index contributed by atoms with van der Waals surface area (Å²) in [4.78, 5) is 12.1. The minimum absolute atomic E-state index is 0.0117. The normalized spacial score (nSPS) is 11.6. The van der Waals surface area contributed by atoms with Crippen molar-refractivity contribution in [2.75, 3.05) is 11.6 Å². The number of benzene rings is 1. The zero-order valence-corrected chi connectivity index (χ0v) is 16.3. The van der Waals surface area contributed by atoms with Crippen LogP contribution in [0.4, 0.5) is 14.6 Å². The summed E-state index contributed by atoms with van der Waals surface area (Å²) in [6.07, 6.45) is -2.02. The van der Waals surface area contributed by atoms with E-state index in [9.17, 15) is 22.0 Å². The van der Waals surface area contributed by atoms with Gasteiger partial charge in [-0.05, 0) is 24.6 Å². The van der Waals surface area contributed by atoms with Gasteiger partial charge in [0.25, 0.3) is 6.43 Å². The Morgan fingerprint density at radius 2 is 1.83 bits per heavy atom. The smallest absolute Gasteiger partial charge is 0.282 e. The van der Waals surface area contributed by atoms with Crippen molar-refractivity contribution >= 4 is 21.4 Å². The van der Waals surface area contributed by atoms with E-state index in [1.807, 2.05) is 30.3 Å². The second-order valence-electron chi connectivity index (χ2n) is 6.22. The maximum absolute atomic E-state index is 13.5. The van der Waals surface area contributed by atoms with Crippen LogP contribution < -0.4 is 5.32 Å². The summed E-state index contributed by atoms with van der Waals surface area (Å²) in [7, 11) is -3.58. The van der Waals surface area contributed by atoms with E-state index < -0.39 is 27.7 Å². The topological polar surface area (TPSA) is 107 Å². The van der Waals surface area contributed by atoms with Crippen LogP contribution in [0.1, 0.15) is 35.0 Å². The fourth-order valence-electron chi connectivity index (χ4n) is 2.67. The molecule has 0 unspecified atom stereocenters. The number of halogens is 2. The maximum Gasteiger partial charge on any atom is 0.282 e. The zero-order chi connectivity index (χ0) is 21.2. The van der Waals surface area contributed by atoms with Crippen LogP contribution in [0.25, 0.3) is 5.82 Å². The van der Waals surface area contributed by atoms with E-state index in [0.717, 1.165) is 16.5 Å². The standard InChI is InChI=1S/C18H17F2N5O3S/c1-11(26)15-16(17(19)20)24-25(13-8-9-14(23-22-13)29(2,27)28)18(15)21-10-12-6-4-3-5-7-12/h3-9,17,21H,10H2,1-2H3. The van der Waals surface area contributed by atoms with Crippen molar-refractivity contribution in [1.82, 2.24) is 20.0 Å². The van der Waals surface area contributed by atoms with Gasteiger partial charge in [0.05, 0.1) is 5.56 Å². The quantitative estimate of drug-likeness (QED) is 0.585. The molecule has 0 aliphatic carbocycles. The van der Waals surface area contributed by atoms with Crippen LogP contribution in [0, 0.1) is 0 Å². The molecule has 2 aromatic heterocycles. The number of hydrogen-bond acceptors (Lipinski definition) is 7. The molecule has 0 amide bonds. The second-order valence-corrected chi connectivity index (χ2v) is 8.18. The summed E-state index contributed by atoms with van der Waals surface area (Å²) in [5, 5.41) is 13.9. The van der Waals surface area contributed by atoms with Gasteiger partial charge in [-0.15, -0.1) is 10.2 Å². The van der Waals surface area contributed by atoms with Gasteiger partial charge in [-0.2, -0.15) is 9.78 Å². The molecular weight excluding hydrogens is 404 g/mol. The van der Waals surface area contributed by atoms with Gasteiger partial charge in [0.15, 0.2) is 26.5 Å². The third kappa shape index (κ3) is 4.45. The Balaban J connectivity index is 2.09. The van der Waals surface area contributed by atoms with Crippen molar-refractivity contribution in [2.45, 2.75) is 24.9 Å². The van der Waals surface area contributed by atoms with Crippen molar-refractivity contribution in [3.05, 3.63) is 59.3 Å². The molecule has 0 atom stereocenters. The molecule has 29 heavy (non-hydrogen) atoms. The summed E-state index contributed by atoms with van der Waals surface area (Å²) in [6.45, 7) is 1.41. The number of nitrogens with zero attached hydrogens (tertiary/aromatic N) is 4. The second kappa shape index (κ2) is 8.03. The van der Waals surface area contributed by atoms with Gasteiger partial charge in [-0.1, -0.05) is 30.3 Å². The molecule has 8 nitrogen and oxygen atoms in total. The van der Waals surface area contributed by atoms with E-state index in [4.69, 9.17) is 0 Å². The van der Waals surface area contributed by atoms with E-state index in [1.54, 1.807) is 0 Å². The Morgan fingerprint density at radius 1 is 1.14 bits per heavy atom. The van der Waals surface area contributed by atoms with Crippen LogP contribution in [-0.4, -0.2) is 40.4 Å². The fraction of sp³-hybridized carbons (Fsp3) is 0.222. The van der Waals surface area contributed by atoms with Crippen LogP contribution >= 0.6 is 0 Å². The molecule has 3 rings (SSSR count). The maximum atomic E-state index is 13.5. The molecule has 1 N–H and O–H groups in total. The Kier molecular flexibility index (Phi) is 5.69. The molecule has 0 saturated heterocycles. The number of ketones is 1. The lowest BCUT2D eigenvalue weighted by atomic mass is 10.1. The first-order valence-corrected chi connectivity index (χ1v) is 10.3. The fourth-order valence-corrected chi connectivity index (χ4v) is 3.17. The van der Waals surface area contributed by atoms with Gasteiger partial charge in [-0.25, -0.2) is 17.2 Å². The first-order chi connectivity index (χ1) is 13.7. The van der Waals surface area contributed by atoms with E-state index in [0.29, 0.717) is 0 Å². The van der Waals surface area contributed by atoms with Crippen molar-refractivity contribution in [2.24, 2.45) is 0 Å². The lowest BCUT2D eigenvalue weighted by Gasteiger charge is -2.11. The van der Waals surface area contributed by atoms with Crippen molar-refractivity contribution in [3.8, 4) is 5.82 Å². The summed E-state index contributed by atoms with van der Waals surface area (Å²) < 4.78 is 51.2. The molecule has 0 fully saturated rings. The van der Waals surface area contributed by atoms with E-state index in [1.165, 1.54) is 19.1 Å². The highest BCUT2D eigenvalue weighted by Crippen LogP contribution is 2.30. The average Bonchev–Trinajstić information content (AvgIpc) is 3.07. The summed E-state index contributed by atoms with van der Waals surface area (Å²) >= 11 is 0. The predicted octanol–water partition coefficient (Wildman–Crippen LogP) is 2.82. The van der Waals surface area contributed by atoms with Crippen molar-refractivity contribution in [1.29, 1.82) is 0 Å². The van der Waals surface area contributed by atoms with Gasteiger partial charge in [0.1, 0.15) is 11.5 Å². The third-order valence-corrected chi connectivity index (χ3v) is 4.97. The number of hydrogen-bond donors (Lipinski definition) is 1. The number of carbonyl (C=O) groups is 1. The third-order valence-electron chi connectivity index (χ3n) is 4.00. The first-order valence-electron chi connectivity index (χ1n) is 8.42. The molecular formula is C18H17F2N5O3S. The van der Waals surface area contributed by atoms with Crippen molar-refractivity contribution in [3.63, 3.8) is 0 Å². The van der Waals surface area contributed by atoms with Crippen LogP contribution in [0.5, 0.6) is 0 Å². The highest BCUT2D eigenvalue weighted by atomic mass is 32.2. The molecule has 3 aromatic rings. The Bertz CT molecular complexity index is 1130. The molecule has 0 aliphatic heterocycles. The number of carbonyl (C=O) groups excluding carboxylic acids is 1. The molecule has 1 aromatic carbocycles. The lowest BCUT2D eigenvalue weighted by molar-refractivity contribution is 0.0998. The summed E-state index contributed by atoms with van der Waals surface area (Å²) in [6, 6.07) is 11.6. The van der Waals surface area contributed by atoms with E-state index >= 15 is 0 Å². The van der Waals surface area contributed by atoms with Crippen molar-refractivity contribution < 1.29 is 22.0 Å². The number of nitrogens with one attached hydrogen (secondary N) is 1. The molecule has 11 heteroatoms. The van der Waals surface area contributed by atoms with Crippen LogP contribution in [0.2, 0.25) is 0 Å². The predicted molar refractivity (Wildman–Crippen MR) is 101 cm³/mol. The van der Waals surface area contributed by atoms with Gasteiger partial charge >= 0.3 is 0 Å². The molecule has 0 bridgehead atoms. The van der Waals surface area contributed by atoms with Crippen LogP contribution in [0.15, 0.2) is 47.5 Å². The van der Waals surface area contributed by atoms with Gasteiger partial charge in [-0.3, -0.25) is 4.79 Å². The number of aromatic nitrogens is 4. The Morgan fingerprint density at radius 3 is 2.34 bits per heavy atom. The lowest BCUT2D eigenvalue weighted by Crippen LogP contribution is -2.11. The van der Waals surface area contributed by atoms with E-state index in [2.05, 4.69) is 20.6 Å². The molecule has 152 valence electrons. The number of sulfone groups is 1. The van der Waals surface area contributed by atoms with Gasteiger partial charge in [0, 0.05) is 12.8 Å². The monoisotopic (exact) mass is 421 g/mol. The highest BCUT2D eigenvalue weighted by molar-refractivity contribution is 7.90. The summed E-state index contributed by atoms with van der Waals surface area (Å²) in [5.74, 6) is -0.580. The van der Waals surface area contributed by atoms with Crippen LogP contribution in [-0.2, 0) is 16.4 Å². The molecule has 0 spiro atoms. The largest absolute Gasteiger partial charge is 0.365 e. The summed E-state index contributed by atoms with van der Waals surface area (Å²) in [5.41, 5.74) is -0.0983. The first kappa shape index (κ1) is 20.5. The van der Waals surface area contributed by atoms with Crippen LogP contribution in [0.3, 0.4) is 0 Å². The Labute approximate surface area is 165 Å².